The summed E-state index contributed by atoms with van der Waals surface area (Å²) >= 11 is 0. The highest BCUT2D eigenvalue weighted by molar-refractivity contribution is 5.90. The molecule has 0 spiro atoms. The minimum atomic E-state index is -1.32. The number of azo groups is 1. The third-order valence-electron chi connectivity index (χ3n) is 2.62. The molecule has 0 aromatic carbocycles. The molecule has 0 aromatic heterocycles. The first-order valence-electron chi connectivity index (χ1n) is 5.89. The fourth-order valence-corrected chi connectivity index (χ4v) is 1.57. The molecule has 5 heteroatoms. The molecular weight excluding hydrogens is 206 g/mol. The van der Waals surface area contributed by atoms with Crippen molar-refractivity contribution in [2.45, 2.75) is 58.0 Å². The van der Waals surface area contributed by atoms with Crippen molar-refractivity contribution >= 4 is 11.8 Å². The second-order valence-electron chi connectivity index (χ2n) is 4.06. The van der Waals surface area contributed by atoms with E-state index >= 15 is 0 Å². The number of aliphatic carboxylic acids is 1. The van der Waals surface area contributed by atoms with Crippen LogP contribution < -0.4 is 0 Å². The first kappa shape index (κ1) is 12.8. The Morgan fingerprint density at radius 3 is 2.56 bits per heavy atom. The van der Waals surface area contributed by atoms with Crippen molar-refractivity contribution in [3.8, 4) is 0 Å². The van der Waals surface area contributed by atoms with E-state index in [-0.39, 0.29) is 0 Å². The van der Waals surface area contributed by atoms with Crippen LogP contribution in [0.2, 0.25) is 0 Å². The van der Waals surface area contributed by atoms with Crippen LogP contribution in [0, 0.1) is 0 Å². The van der Waals surface area contributed by atoms with Crippen LogP contribution in [0.25, 0.3) is 0 Å². The van der Waals surface area contributed by atoms with Gasteiger partial charge in [0.05, 0.1) is 0 Å². The topological polar surface area (TPSA) is 74.4 Å². The zero-order valence-electron chi connectivity index (χ0n) is 9.94. The van der Waals surface area contributed by atoms with E-state index in [9.17, 15) is 9.90 Å². The number of unbranched alkanes of at least 4 members (excludes halogenated alkanes) is 2. The van der Waals surface area contributed by atoms with E-state index in [1.807, 2.05) is 6.92 Å². The Hall–Kier alpha value is -1.26. The van der Waals surface area contributed by atoms with Gasteiger partial charge in [-0.25, -0.2) is 9.79 Å². The van der Waals surface area contributed by atoms with Crippen LogP contribution in [-0.2, 0) is 4.79 Å². The first-order valence-corrected chi connectivity index (χ1v) is 5.89. The van der Waals surface area contributed by atoms with Crippen molar-refractivity contribution in [3.63, 3.8) is 0 Å². The quantitative estimate of drug-likeness (QED) is 0.723. The highest BCUT2D eigenvalue weighted by Gasteiger charge is 2.41. The van der Waals surface area contributed by atoms with Gasteiger partial charge in [0, 0.05) is 12.8 Å². The van der Waals surface area contributed by atoms with Gasteiger partial charge < -0.3 is 5.11 Å². The molecule has 1 aliphatic heterocycles. The molecule has 1 aliphatic rings. The summed E-state index contributed by atoms with van der Waals surface area (Å²) in [5, 5.41) is 16.9. The molecule has 0 saturated carbocycles. The van der Waals surface area contributed by atoms with Crippen LogP contribution in [-0.4, -0.2) is 22.6 Å². The summed E-state index contributed by atoms with van der Waals surface area (Å²) in [6.45, 7) is 4.09. The Balaban J connectivity index is 2.71. The minimum absolute atomic E-state index is 0.442. The van der Waals surface area contributed by atoms with Crippen LogP contribution in [0.5, 0.6) is 0 Å². The molecule has 1 N–H and O–H groups in total. The number of hydrogen-bond acceptors (Lipinski definition) is 4. The number of carboxylic acids is 1. The minimum Gasteiger partial charge on any atom is -0.478 e. The van der Waals surface area contributed by atoms with Crippen molar-refractivity contribution in [1.29, 1.82) is 0 Å². The van der Waals surface area contributed by atoms with Crippen LogP contribution >= 0.6 is 0 Å². The zero-order chi connectivity index (χ0) is 12.0. The van der Waals surface area contributed by atoms with E-state index in [2.05, 4.69) is 22.1 Å². The Morgan fingerprint density at radius 2 is 2.00 bits per heavy atom. The largest absolute Gasteiger partial charge is 0.478 e. The first-order chi connectivity index (χ1) is 7.64. The molecule has 16 heavy (non-hydrogen) atoms. The Morgan fingerprint density at radius 1 is 1.31 bits per heavy atom. The Kier molecular flexibility index (Phi) is 4.58. The SMILES string of the molecule is CCCCC1=NC(CCCC)(C(=O)O)N=N1. The van der Waals surface area contributed by atoms with Gasteiger partial charge in [0.25, 0.3) is 5.66 Å². The predicted octanol–water partition coefficient (Wildman–Crippen LogP) is 3.01. The average Bonchev–Trinajstić information content (AvgIpc) is 2.68. The number of hydrogen-bond donors (Lipinski definition) is 1. The molecule has 5 nitrogen and oxygen atoms in total. The monoisotopic (exact) mass is 225 g/mol. The maximum absolute atomic E-state index is 11.2. The lowest BCUT2D eigenvalue weighted by atomic mass is 10.0. The third kappa shape index (κ3) is 2.87. The molecule has 0 fully saturated rings. The average molecular weight is 225 g/mol. The molecule has 0 bridgehead atoms. The lowest BCUT2D eigenvalue weighted by Crippen LogP contribution is -2.33. The van der Waals surface area contributed by atoms with E-state index in [1.54, 1.807) is 0 Å². The van der Waals surface area contributed by atoms with Gasteiger partial charge in [-0.3, -0.25) is 0 Å². The molecule has 0 amide bonds. The summed E-state index contributed by atoms with van der Waals surface area (Å²) in [7, 11) is 0. The molecule has 1 unspecified atom stereocenters. The lowest BCUT2D eigenvalue weighted by Gasteiger charge is -2.14. The summed E-state index contributed by atoms with van der Waals surface area (Å²) in [5.41, 5.74) is -1.32. The second-order valence-corrected chi connectivity index (χ2v) is 4.06. The summed E-state index contributed by atoms with van der Waals surface area (Å²) < 4.78 is 0. The summed E-state index contributed by atoms with van der Waals surface area (Å²) in [5.74, 6) is -0.406. The van der Waals surface area contributed by atoms with Gasteiger partial charge in [-0.15, -0.1) is 10.2 Å². The van der Waals surface area contributed by atoms with Gasteiger partial charge in [0.1, 0.15) is 5.84 Å². The van der Waals surface area contributed by atoms with Gasteiger partial charge >= 0.3 is 5.97 Å². The fourth-order valence-electron chi connectivity index (χ4n) is 1.57. The van der Waals surface area contributed by atoms with Crippen molar-refractivity contribution in [2.75, 3.05) is 0 Å². The molecule has 0 aromatic rings. The number of nitrogens with zero attached hydrogens (tertiary/aromatic N) is 3. The van der Waals surface area contributed by atoms with E-state index in [0.717, 1.165) is 32.1 Å². The smallest absolute Gasteiger partial charge is 0.356 e. The van der Waals surface area contributed by atoms with Gasteiger partial charge in [-0.1, -0.05) is 26.7 Å². The molecule has 1 heterocycles. The number of amidine groups is 1. The van der Waals surface area contributed by atoms with Crippen molar-refractivity contribution < 1.29 is 9.90 Å². The van der Waals surface area contributed by atoms with Crippen LogP contribution in [0.3, 0.4) is 0 Å². The fraction of sp³-hybridized carbons (Fsp3) is 0.818. The summed E-state index contributed by atoms with van der Waals surface area (Å²) in [6.07, 6.45) is 4.92. The molecule has 1 atom stereocenters. The standard InChI is InChI=1S/C11H19N3O2/c1-3-5-7-9-12-11(10(15)16,14-13-9)8-6-4-2/h3-8H2,1-2H3,(H,15,16). The van der Waals surface area contributed by atoms with Crippen LogP contribution in [0.15, 0.2) is 15.2 Å². The normalized spacial score (nSPS) is 23.5. The van der Waals surface area contributed by atoms with E-state index in [1.165, 1.54) is 0 Å². The van der Waals surface area contributed by atoms with Gasteiger partial charge in [-0.2, -0.15) is 0 Å². The maximum Gasteiger partial charge on any atom is 0.356 e. The van der Waals surface area contributed by atoms with E-state index < -0.39 is 11.6 Å². The maximum atomic E-state index is 11.2. The van der Waals surface area contributed by atoms with Crippen LogP contribution in [0.1, 0.15) is 52.4 Å². The number of carboxylic acid groups (broad SMARTS) is 1. The summed E-state index contributed by atoms with van der Waals surface area (Å²) in [6, 6.07) is 0. The number of aliphatic imine (C=N–C) groups is 1. The zero-order valence-corrected chi connectivity index (χ0v) is 9.94. The van der Waals surface area contributed by atoms with Gasteiger partial charge in [-0.05, 0) is 12.8 Å². The van der Waals surface area contributed by atoms with Gasteiger partial charge in [0.15, 0.2) is 0 Å². The molecular formula is C11H19N3O2. The highest BCUT2D eigenvalue weighted by Crippen LogP contribution is 2.28. The highest BCUT2D eigenvalue weighted by atomic mass is 16.4. The molecule has 0 radical (unpaired) electrons. The van der Waals surface area contributed by atoms with Crippen LogP contribution in [0.4, 0.5) is 0 Å². The van der Waals surface area contributed by atoms with Crippen molar-refractivity contribution in [3.05, 3.63) is 0 Å². The molecule has 90 valence electrons. The Bertz CT molecular complexity index is 312. The summed E-state index contributed by atoms with van der Waals surface area (Å²) in [4.78, 5) is 15.4. The van der Waals surface area contributed by atoms with Crippen molar-refractivity contribution in [1.82, 2.24) is 0 Å². The lowest BCUT2D eigenvalue weighted by molar-refractivity contribution is -0.143. The number of carbonyl (C=O) groups is 1. The number of rotatable bonds is 7. The van der Waals surface area contributed by atoms with Gasteiger partial charge in [0.2, 0.25) is 0 Å². The molecule has 0 aliphatic carbocycles. The third-order valence-corrected chi connectivity index (χ3v) is 2.62. The molecule has 0 saturated heterocycles. The van der Waals surface area contributed by atoms with E-state index in [4.69, 9.17) is 0 Å². The molecule has 1 rings (SSSR count). The van der Waals surface area contributed by atoms with E-state index in [0.29, 0.717) is 12.3 Å². The predicted molar refractivity (Wildman–Crippen MR) is 61.7 cm³/mol. The Labute approximate surface area is 95.7 Å². The second kappa shape index (κ2) is 5.72. The van der Waals surface area contributed by atoms with Crippen molar-refractivity contribution in [2.24, 2.45) is 15.2 Å².